The van der Waals surface area contributed by atoms with Crippen LogP contribution >= 0.6 is 0 Å². The van der Waals surface area contributed by atoms with E-state index in [1.807, 2.05) is 30.0 Å². The van der Waals surface area contributed by atoms with Crippen molar-refractivity contribution in [1.29, 1.82) is 0 Å². The van der Waals surface area contributed by atoms with E-state index in [9.17, 15) is 9.90 Å². The summed E-state index contributed by atoms with van der Waals surface area (Å²) < 4.78 is 0. The number of hydrogen-bond donors (Lipinski definition) is 2. The first-order valence-electron chi connectivity index (χ1n) is 6.74. The van der Waals surface area contributed by atoms with Crippen LogP contribution in [0.3, 0.4) is 0 Å². The van der Waals surface area contributed by atoms with Crippen molar-refractivity contribution in [2.24, 2.45) is 0 Å². The zero-order chi connectivity index (χ0) is 14.0. The monoisotopic (exact) mass is 262 g/mol. The van der Waals surface area contributed by atoms with E-state index in [-0.39, 0.29) is 5.91 Å². The van der Waals surface area contributed by atoms with Gasteiger partial charge in [0.2, 0.25) is 5.91 Å². The standard InChI is InChI=1S/C15H22N2O2/c1-4-12-7-5-6-11(2)14(12)16-13(18)8-17-9-15(3,19)10-17/h5-7,19H,4,8-10H2,1-3H3,(H,16,18). The highest BCUT2D eigenvalue weighted by molar-refractivity contribution is 5.93. The Morgan fingerprint density at radius 3 is 2.74 bits per heavy atom. The number of carbonyl (C=O) groups is 1. The summed E-state index contributed by atoms with van der Waals surface area (Å²) in [6.45, 7) is 7.34. The third-order valence-corrected chi connectivity index (χ3v) is 3.50. The van der Waals surface area contributed by atoms with E-state index < -0.39 is 5.60 Å². The van der Waals surface area contributed by atoms with Gasteiger partial charge >= 0.3 is 0 Å². The van der Waals surface area contributed by atoms with Gasteiger partial charge in [-0.1, -0.05) is 25.1 Å². The Bertz CT molecular complexity index is 475. The van der Waals surface area contributed by atoms with Gasteiger partial charge in [0.25, 0.3) is 0 Å². The number of aryl methyl sites for hydroxylation is 2. The molecule has 0 saturated carbocycles. The van der Waals surface area contributed by atoms with Crippen molar-refractivity contribution in [3.8, 4) is 0 Å². The van der Waals surface area contributed by atoms with Crippen LogP contribution in [0.25, 0.3) is 0 Å². The summed E-state index contributed by atoms with van der Waals surface area (Å²) in [5.41, 5.74) is 2.55. The Hall–Kier alpha value is -1.39. The predicted octanol–water partition coefficient (Wildman–Crippen LogP) is 1.56. The third-order valence-electron chi connectivity index (χ3n) is 3.50. The summed E-state index contributed by atoms with van der Waals surface area (Å²) in [6, 6.07) is 6.05. The maximum Gasteiger partial charge on any atom is 0.238 e. The number of benzene rings is 1. The average Bonchev–Trinajstić information content (AvgIpc) is 2.29. The molecule has 1 fully saturated rings. The molecule has 0 bridgehead atoms. The van der Waals surface area contributed by atoms with E-state index in [4.69, 9.17) is 0 Å². The van der Waals surface area contributed by atoms with Crippen molar-refractivity contribution in [3.05, 3.63) is 29.3 Å². The molecule has 1 aliphatic heterocycles. The third kappa shape index (κ3) is 3.33. The zero-order valence-electron chi connectivity index (χ0n) is 11.9. The van der Waals surface area contributed by atoms with Crippen molar-refractivity contribution < 1.29 is 9.90 Å². The number of anilines is 1. The Labute approximate surface area is 114 Å². The number of nitrogens with zero attached hydrogens (tertiary/aromatic N) is 1. The fourth-order valence-electron chi connectivity index (χ4n) is 2.61. The van der Waals surface area contributed by atoms with Crippen LogP contribution in [0, 0.1) is 6.92 Å². The summed E-state index contributed by atoms with van der Waals surface area (Å²) in [6.07, 6.45) is 0.899. The van der Waals surface area contributed by atoms with Gasteiger partial charge in [0.05, 0.1) is 12.1 Å². The summed E-state index contributed by atoms with van der Waals surface area (Å²) in [5, 5.41) is 12.6. The van der Waals surface area contributed by atoms with Gasteiger partial charge in [0.15, 0.2) is 0 Å². The molecule has 0 aliphatic carbocycles. The number of carbonyl (C=O) groups excluding carboxylic acids is 1. The summed E-state index contributed by atoms with van der Waals surface area (Å²) in [5.74, 6) is -0.0144. The Morgan fingerprint density at radius 1 is 1.47 bits per heavy atom. The van der Waals surface area contributed by atoms with E-state index in [1.165, 1.54) is 0 Å². The second kappa shape index (κ2) is 5.31. The second-order valence-corrected chi connectivity index (χ2v) is 5.65. The maximum atomic E-state index is 12.0. The van der Waals surface area contributed by atoms with Crippen LogP contribution < -0.4 is 5.32 Å². The minimum absolute atomic E-state index is 0.0144. The van der Waals surface area contributed by atoms with Gasteiger partial charge in [-0.2, -0.15) is 0 Å². The van der Waals surface area contributed by atoms with Gasteiger partial charge in [0.1, 0.15) is 0 Å². The molecular weight excluding hydrogens is 240 g/mol. The Morgan fingerprint density at radius 2 is 2.16 bits per heavy atom. The lowest BCUT2D eigenvalue weighted by molar-refractivity contribution is -0.125. The molecule has 0 unspecified atom stereocenters. The smallest absolute Gasteiger partial charge is 0.238 e. The molecule has 1 heterocycles. The molecule has 1 aliphatic rings. The number of nitrogens with one attached hydrogen (secondary N) is 1. The normalized spacial score (nSPS) is 17.9. The first-order valence-corrected chi connectivity index (χ1v) is 6.74. The minimum atomic E-state index is -0.627. The fourth-order valence-corrected chi connectivity index (χ4v) is 2.61. The highest BCUT2D eigenvalue weighted by atomic mass is 16.3. The lowest BCUT2D eigenvalue weighted by Crippen LogP contribution is -2.61. The minimum Gasteiger partial charge on any atom is -0.388 e. The lowest BCUT2D eigenvalue weighted by atomic mass is 9.97. The number of amides is 1. The van der Waals surface area contributed by atoms with Crippen LogP contribution in [0.4, 0.5) is 5.69 Å². The molecule has 0 aromatic heterocycles. The van der Waals surface area contributed by atoms with Crippen LogP contribution in [0.2, 0.25) is 0 Å². The quantitative estimate of drug-likeness (QED) is 0.866. The SMILES string of the molecule is CCc1cccc(C)c1NC(=O)CN1CC(C)(O)C1. The molecule has 1 aromatic carbocycles. The first kappa shape index (κ1) is 14.0. The van der Waals surface area contributed by atoms with Gasteiger partial charge in [-0.15, -0.1) is 0 Å². The number of β-amino-alcohol motifs (C(OH)–C–C–N with tert-alkyl or cyclic N) is 1. The van der Waals surface area contributed by atoms with Crippen LogP contribution in [0.1, 0.15) is 25.0 Å². The van der Waals surface area contributed by atoms with Crippen molar-refractivity contribution >= 4 is 11.6 Å². The Kier molecular flexibility index (Phi) is 3.92. The number of hydrogen-bond acceptors (Lipinski definition) is 3. The Balaban J connectivity index is 1.96. The molecule has 19 heavy (non-hydrogen) atoms. The molecule has 1 saturated heterocycles. The molecule has 0 spiro atoms. The van der Waals surface area contributed by atoms with Crippen molar-refractivity contribution in [3.63, 3.8) is 0 Å². The first-order chi connectivity index (χ1) is 8.91. The van der Waals surface area contributed by atoms with Gasteiger partial charge in [0, 0.05) is 18.8 Å². The zero-order valence-corrected chi connectivity index (χ0v) is 11.9. The topological polar surface area (TPSA) is 52.6 Å². The number of para-hydroxylation sites is 1. The van der Waals surface area contributed by atoms with E-state index in [0.717, 1.165) is 23.2 Å². The highest BCUT2D eigenvalue weighted by Crippen LogP contribution is 2.22. The van der Waals surface area contributed by atoms with E-state index in [0.29, 0.717) is 19.6 Å². The molecule has 0 radical (unpaired) electrons. The van der Waals surface area contributed by atoms with Gasteiger partial charge in [-0.05, 0) is 31.4 Å². The highest BCUT2D eigenvalue weighted by Gasteiger charge is 2.37. The molecule has 4 heteroatoms. The fraction of sp³-hybridized carbons (Fsp3) is 0.533. The molecule has 104 valence electrons. The number of rotatable bonds is 4. The average molecular weight is 262 g/mol. The molecule has 1 aromatic rings. The number of likely N-dealkylation sites (tertiary alicyclic amines) is 1. The molecule has 2 rings (SSSR count). The largest absolute Gasteiger partial charge is 0.388 e. The molecular formula is C15H22N2O2. The van der Waals surface area contributed by atoms with Crippen LogP contribution in [-0.4, -0.2) is 41.1 Å². The van der Waals surface area contributed by atoms with E-state index in [2.05, 4.69) is 12.2 Å². The predicted molar refractivity (Wildman–Crippen MR) is 76.3 cm³/mol. The van der Waals surface area contributed by atoms with Crippen molar-refractivity contribution in [2.75, 3.05) is 25.0 Å². The van der Waals surface area contributed by atoms with E-state index in [1.54, 1.807) is 6.92 Å². The van der Waals surface area contributed by atoms with Gasteiger partial charge in [-0.25, -0.2) is 0 Å². The molecule has 2 N–H and O–H groups in total. The lowest BCUT2D eigenvalue weighted by Gasteiger charge is -2.43. The summed E-state index contributed by atoms with van der Waals surface area (Å²) in [4.78, 5) is 14.0. The molecule has 0 atom stereocenters. The van der Waals surface area contributed by atoms with E-state index >= 15 is 0 Å². The number of aliphatic hydroxyl groups is 1. The molecule has 1 amide bonds. The summed E-state index contributed by atoms with van der Waals surface area (Å²) >= 11 is 0. The van der Waals surface area contributed by atoms with Crippen LogP contribution in [0.5, 0.6) is 0 Å². The molecule has 4 nitrogen and oxygen atoms in total. The van der Waals surface area contributed by atoms with Crippen molar-refractivity contribution in [2.45, 2.75) is 32.8 Å². The van der Waals surface area contributed by atoms with Crippen molar-refractivity contribution in [1.82, 2.24) is 4.90 Å². The summed E-state index contributed by atoms with van der Waals surface area (Å²) in [7, 11) is 0. The van der Waals surface area contributed by atoms with Gasteiger partial charge < -0.3 is 10.4 Å². The van der Waals surface area contributed by atoms with Crippen LogP contribution in [0.15, 0.2) is 18.2 Å². The van der Waals surface area contributed by atoms with Gasteiger partial charge in [-0.3, -0.25) is 9.69 Å². The van der Waals surface area contributed by atoms with Crippen LogP contribution in [-0.2, 0) is 11.2 Å². The second-order valence-electron chi connectivity index (χ2n) is 5.65. The maximum absolute atomic E-state index is 12.0.